The topological polar surface area (TPSA) is 82.0 Å². The zero-order valence-corrected chi connectivity index (χ0v) is 17.8. The van der Waals surface area contributed by atoms with Crippen molar-refractivity contribution in [1.82, 2.24) is 5.32 Å². The Morgan fingerprint density at radius 1 is 1.00 bits per heavy atom. The van der Waals surface area contributed by atoms with E-state index in [1.165, 1.54) is 11.8 Å². The molecule has 0 unspecified atom stereocenters. The van der Waals surface area contributed by atoms with Crippen LogP contribution >= 0.6 is 11.8 Å². The van der Waals surface area contributed by atoms with Crippen LogP contribution in [-0.2, 0) is 4.79 Å². The van der Waals surface area contributed by atoms with Crippen LogP contribution in [0.2, 0.25) is 0 Å². The van der Waals surface area contributed by atoms with Crippen LogP contribution in [0.1, 0.15) is 21.5 Å². The summed E-state index contributed by atoms with van der Waals surface area (Å²) in [4.78, 5) is 26.6. The second-order valence-electron chi connectivity index (χ2n) is 6.72. The number of aryl methyl sites for hydroxylation is 1. The molecule has 3 aromatic carbocycles. The molecule has 6 heteroatoms. The number of carbonyl (C=O) groups excluding carboxylic acids is 2. The Bertz CT molecular complexity index is 1150. The minimum Gasteiger partial charge on any atom is -0.321 e. The number of amides is 2. The van der Waals surface area contributed by atoms with E-state index in [0.717, 1.165) is 16.0 Å². The van der Waals surface area contributed by atoms with Gasteiger partial charge in [0, 0.05) is 16.1 Å². The molecule has 0 fully saturated rings. The van der Waals surface area contributed by atoms with Crippen molar-refractivity contribution in [2.45, 2.75) is 11.8 Å². The lowest BCUT2D eigenvalue weighted by molar-refractivity contribution is -0.113. The van der Waals surface area contributed by atoms with Gasteiger partial charge in [-0.15, -0.1) is 11.8 Å². The molecule has 5 nitrogen and oxygen atoms in total. The van der Waals surface area contributed by atoms with Crippen LogP contribution in [0.5, 0.6) is 0 Å². The summed E-state index contributed by atoms with van der Waals surface area (Å²) in [5, 5.41) is 14.3. The van der Waals surface area contributed by atoms with Gasteiger partial charge in [-0.05, 0) is 48.9 Å². The van der Waals surface area contributed by atoms with Crippen molar-refractivity contribution in [2.75, 3.05) is 11.1 Å². The fourth-order valence-corrected chi connectivity index (χ4v) is 3.46. The fourth-order valence-electron chi connectivity index (χ4n) is 2.85. The molecule has 3 aromatic rings. The number of rotatable bonds is 7. The summed E-state index contributed by atoms with van der Waals surface area (Å²) in [5.74, 6) is -0.482. The molecule has 0 heterocycles. The van der Waals surface area contributed by atoms with Gasteiger partial charge in [0.15, 0.2) is 0 Å². The predicted octanol–water partition coefficient (Wildman–Crippen LogP) is 5.02. The zero-order chi connectivity index (χ0) is 22.1. The summed E-state index contributed by atoms with van der Waals surface area (Å²) in [6.07, 6.45) is 1.65. The van der Waals surface area contributed by atoms with E-state index in [1.807, 2.05) is 49.4 Å². The second kappa shape index (κ2) is 10.8. The van der Waals surface area contributed by atoms with Gasteiger partial charge < -0.3 is 10.6 Å². The van der Waals surface area contributed by atoms with Crippen molar-refractivity contribution in [3.05, 3.63) is 101 Å². The van der Waals surface area contributed by atoms with Gasteiger partial charge in [-0.3, -0.25) is 9.59 Å². The summed E-state index contributed by atoms with van der Waals surface area (Å²) in [7, 11) is 0. The molecule has 0 aromatic heterocycles. The number of hydrogen-bond donors (Lipinski definition) is 2. The van der Waals surface area contributed by atoms with Crippen LogP contribution in [0.15, 0.2) is 89.5 Å². The molecule has 0 saturated heterocycles. The number of anilines is 1. The van der Waals surface area contributed by atoms with Crippen molar-refractivity contribution >= 4 is 35.3 Å². The Morgan fingerprint density at radius 3 is 2.52 bits per heavy atom. The first-order valence-electron chi connectivity index (χ1n) is 9.61. The highest BCUT2D eigenvalue weighted by molar-refractivity contribution is 7.99. The fraction of sp³-hybridized carbons (Fsp3) is 0.0800. The first-order valence-corrected chi connectivity index (χ1v) is 10.6. The minimum atomic E-state index is -0.437. The molecule has 154 valence electrons. The van der Waals surface area contributed by atoms with Crippen LogP contribution in [0.25, 0.3) is 6.08 Å². The molecule has 0 aliphatic carbocycles. The summed E-state index contributed by atoms with van der Waals surface area (Å²) in [5.41, 5.74) is 3.02. The largest absolute Gasteiger partial charge is 0.321 e. The molecule has 0 spiro atoms. The third kappa shape index (κ3) is 6.59. The van der Waals surface area contributed by atoms with Crippen molar-refractivity contribution < 1.29 is 9.59 Å². The number of benzene rings is 3. The van der Waals surface area contributed by atoms with Gasteiger partial charge in [0.05, 0.1) is 11.8 Å². The lowest BCUT2D eigenvalue weighted by atomic mass is 10.1. The van der Waals surface area contributed by atoms with Crippen LogP contribution in [-0.4, -0.2) is 17.6 Å². The summed E-state index contributed by atoms with van der Waals surface area (Å²) in [6, 6.07) is 25.7. The smallest absolute Gasteiger partial charge is 0.272 e. The Kier molecular flexibility index (Phi) is 7.63. The maximum absolute atomic E-state index is 13.0. The van der Waals surface area contributed by atoms with Gasteiger partial charge >= 0.3 is 0 Å². The summed E-state index contributed by atoms with van der Waals surface area (Å²) >= 11 is 1.39. The average molecular weight is 428 g/mol. The highest BCUT2D eigenvalue weighted by Crippen LogP contribution is 2.21. The van der Waals surface area contributed by atoms with E-state index in [1.54, 1.807) is 42.5 Å². The molecule has 0 saturated carbocycles. The van der Waals surface area contributed by atoms with Crippen molar-refractivity contribution in [3.8, 4) is 6.07 Å². The van der Waals surface area contributed by atoms with Gasteiger partial charge in [-0.25, -0.2) is 0 Å². The quantitative estimate of drug-likeness (QED) is 0.410. The highest BCUT2D eigenvalue weighted by atomic mass is 32.2. The summed E-state index contributed by atoms with van der Waals surface area (Å²) in [6.45, 7) is 1.96. The lowest BCUT2D eigenvalue weighted by Gasteiger charge is -2.12. The molecule has 2 amide bonds. The SMILES string of the molecule is Cc1cccc(/C=C(/NC(=O)c2ccccc2)C(=O)Nc2cccc(SCC#N)c2)c1. The number of thioether (sulfide) groups is 1. The maximum Gasteiger partial charge on any atom is 0.272 e. The predicted molar refractivity (Wildman–Crippen MR) is 124 cm³/mol. The number of carbonyl (C=O) groups is 2. The van der Waals surface area contributed by atoms with Crippen molar-refractivity contribution in [3.63, 3.8) is 0 Å². The van der Waals surface area contributed by atoms with E-state index in [-0.39, 0.29) is 11.6 Å². The van der Waals surface area contributed by atoms with Crippen molar-refractivity contribution in [1.29, 1.82) is 5.26 Å². The van der Waals surface area contributed by atoms with Crippen LogP contribution < -0.4 is 10.6 Å². The van der Waals surface area contributed by atoms with E-state index in [2.05, 4.69) is 16.7 Å². The Morgan fingerprint density at radius 2 is 1.77 bits per heavy atom. The molecule has 3 rings (SSSR count). The van der Waals surface area contributed by atoms with Crippen LogP contribution in [0.4, 0.5) is 5.69 Å². The second-order valence-corrected chi connectivity index (χ2v) is 7.77. The Hall–Kier alpha value is -3.82. The van der Waals surface area contributed by atoms with Gasteiger partial charge in [0.2, 0.25) is 0 Å². The highest BCUT2D eigenvalue weighted by Gasteiger charge is 2.15. The third-order valence-electron chi connectivity index (χ3n) is 4.28. The van der Waals surface area contributed by atoms with Crippen LogP contribution in [0, 0.1) is 18.3 Å². The number of nitriles is 1. The Labute approximate surface area is 185 Å². The van der Waals surface area contributed by atoms with E-state index in [0.29, 0.717) is 17.0 Å². The van der Waals surface area contributed by atoms with E-state index in [9.17, 15) is 9.59 Å². The summed E-state index contributed by atoms with van der Waals surface area (Å²) < 4.78 is 0. The standard InChI is InChI=1S/C25H21N3O2S/c1-18-7-5-8-19(15-18)16-23(28-24(29)20-9-3-2-4-10-20)25(30)27-21-11-6-12-22(17-21)31-14-13-26/h2-12,15-17H,14H2,1H3,(H,27,30)(H,28,29)/b23-16+. The third-order valence-corrected chi connectivity index (χ3v) is 5.14. The Balaban J connectivity index is 1.86. The minimum absolute atomic E-state index is 0.134. The average Bonchev–Trinajstić information content (AvgIpc) is 2.78. The first-order chi connectivity index (χ1) is 15.0. The molecule has 0 atom stereocenters. The molecule has 0 aliphatic heterocycles. The van der Waals surface area contributed by atoms with Gasteiger partial charge in [0.1, 0.15) is 5.70 Å². The molecule has 2 N–H and O–H groups in total. The van der Waals surface area contributed by atoms with E-state index in [4.69, 9.17) is 5.26 Å². The zero-order valence-electron chi connectivity index (χ0n) is 17.0. The molecular formula is C25H21N3O2S. The monoisotopic (exact) mass is 427 g/mol. The lowest BCUT2D eigenvalue weighted by Crippen LogP contribution is -2.30. The van der Waals surface area contributed by atoms with Crippen LogP contribution in [0.3, 0.4) is 0 Å². The number of hydrogen-bond acceptors (Lipinski definition) is 4. The normalized spacial score (nSPS) is 10.8. The van der Waals surface area contributed by atoms with E-state index >= 15 is 0 Å². The molecular weight excluding hydrogens is 406 g/mol. The van der Waals surface area contributed by atoms with Gasteiger partial charge in [-0.2, -0.15) is 5.26 Å². The van der Waals surface area contributed by atoms with Gasteiger partial charge in [0.25, 0.3) is 11.8 Å². The molecule has 0 radical (unpaired) electrons. The molecule has 31 heavy (non-hydrogen) atoms. The number of nitrogens with zero attached hydrogens (tertiary/aromatic N) is 1. The molecule has 0 aliphatic rings. The molecule has 0 bridgehead atoms. The van der Waals surface area contributed by atoms with Gasteiger partial charge in [-0.1, -0.05) is 54.1 Å². The van der Waals surface area contributed by atoms with Crippen molar-refractivity contribution in [2.24, 2.45) is 0 Å². The first kappa shape index (κ1) is 21.9. The maximum atomic E-state index is 13.0. The van der Waals surface area contributed by atoms with E-state index < -0.39 is 5.91 Å². The number of nitrogens with one attached hydrogen (secondary N) is 2.